The first-order valence-electron chi connectivity index (χ1n) is 14.1. The third-order valence-corrected chi connectivity index (χ3v) is 8.40. The van der Waals surface area contributed by atoms with Gasteiger partial charge in [0.15, 0.2) is 0 Å². The molecule has 3 amide bonds. The summed E-state index contributed by atoms with van der Waals surface area (Å²) in [6.07, 6.45) is 4.12. The predicted molar refractivity (Wildman–Crippen MR) is 157 cm³/mol. The fourth-order valence-corrected chi connectivity index (χ4v) is 5.95. The van der Waals surface area contributed by atoms with Crippen LogP contribution in [0.3, 0.4) is 0 Å². The molecule has 7 rings (SSSR count). The standard InChI is InChI=1S/C32H29ClFN5O3/c33-27-2-1-3-28(34)26(27)19-42-25-10-4-20(5-11-25)16-37-17-22-7-6-21(14-23(22)18-37)31-35-15-30(39(31)24-8-9-24)38-13-12-29(40)36-32(38)41/h1-7,10-11,14-15,24H,8-9,12-13,16-19H2,(H,36,40,41). The first-order chi connectivity index (χ1) is 20.4. The zero-order valence-electron chi connectivity index (χ0n) is 22.9. The SMILES string of the molecule is O=C1CCN(c2cnc(-c3ccc4c(c3)CN(Cc3ccc(OCc5c(F)cccc5Cl)cc3)C4)n2C2CC2)C(=O)N1. The minimum Gasteiger partial charge on any atom is -0.489 e. The van der Waals surface area contributed by atoms with Gasteiger partial charge >= 0.3 is 6.03 Å². The van der Waals surface area contributed by atoms with Crippen LogP contribution in [0.15, 0.2) is 66.9 Å². The molecule has 0 spiro atoms. The lowest BCUT2D eigenvalue weighted by molar-refractivity contribution is -0.120. The largest absolute Gasteiger partial charge is 0.489 e. The van der Waals surface area contributed by atoms with Crippen LogP contribution in [-0.4, -0.2) is 32.9 Å². The van der Waals surface area contributed by atoms with E-state index in [4.69, 9.17) is 21.3 Å². The summed E-state index contributed by atoms with van der Waals surface area (Å²) >= 11 is 6.11. The van der Waals surface area contributed by atoms with Crippen molar-refractivity contribution in [3.63, 3.8) is 0 Å². The van der Waals surface area contributed by atoms with Crippen molar-refractivity contribution < 1.29 is 18.7 Å². The van der Waals surface area contributed by atoms with Crippen molar-refractivity contribution in [2.24, 2.45) is 0 Å². The summed E-state index contributed by atoms with van der Waals surface area (Å²) in [6.45, 7) is 2.88. The highest BCUT2D eigenvalue weighted by molar-refractivity contribution is 6.31. The summed E-state index contributed by atoms with van der Waals surface area (Å²) in [5, 5.41) is 2.77. The van der Waals surface area contributed by atoms with Crippen LogP contribution in [0.2, 0.25) is 5.02 Å². The van der Waals surface area contributed by atoms with Gasteiger partial charge in [-0.15, -0.1) is 0 Å². The van der Waals surface area contributed by atoms with Crippen molar-refractivity contribution in [1.29, 1.82) is 0 Å². The number of urea groups is 1. The molecule has 2 fully saturated rings. The molecule has 1 N–H and O–H groups in total. The van der Waals surface area contributed by atoms with Crippen molar-refractivity contribution >= 4 is 29.4 Å². The maximum absolute atomic E-state index is 14.0. The highest BCUT2D eigenvalue weighted by Crippen LogP contribution is 2.43. The van der Waals surface area contributed by atoms with E-state index in [1.807, 2.05) is 24.3 Å². The molecule has 42 heavy (non-hydrogen) atoms. The highest BCUT2D eigenvalue weighted by atomic mass is 35.5. The Kier molecular flexibility index (Phi) is 6.91. The molecule has 1 saturated carbocycles. The number of imidazole rings is 1. The number of amides is 3. The van der Waals surface area contributed by atoms with E-state index in [1.165, 1.54) is 17.2 Å². The second-order valence-corrected chi connectivity index (χ2v) is 11.5. The zero-order chi connectivity index (χ0) is 28.8. The Hall–Kier alpha value is -4.21. The Morgan fingerprint density at radius 1 is 1.02 bits per heavy atom. The maximum atomic E-state index is 14.0. The average molecular weight is 586 g/mol. The Morgan fingerprint density at radius 2 is 1.83 bits per heavy atom. The number of hydrogen-bond donors (Lipinski definition) is 1. The molecule has 3 aromatic carbocycles. The lowest BCUT2D eigenvalue weighted by Gasteiger charge is -2.27. The first-order valence-corrected chi connectivity index (χ1v) is 14.5. The van der Waals surface area contributed by atoms with Crippen LogP contribution >= 0.6 is 11.6 Å². The topological polar surface area (TPSA) is 79.7 Å². The summed E-state index contributed by atoms with van der Waals surface area (Å²) in [7, 11) is 0. The molecule has 10 heteroatoms. The molecule has 3 aliphatic rings. The van der Waals surface area contributed by atoms with E-state index in [9.17, 15) is 14.0 Å². The minimum atomic E-state index is -0.390. The summed E-state index contributed by atoms with van der Waals surface area (Å²) in [4.78, 5) is 33.0. The van der Waals surface area contributed by atoms with Crippen LogP contribution in [0.4, 0.5) is 15.0 Å². The van der Waals surface area contributed by atoms with Crippen molar-refractivity contribution in [1.82, 2.24) is 19.8 Å². The molecule has 8 nitrogen and oxygen atoms in total. The third kappa shape index (κ3) is 5.26. The monoisotopic (exact) mass is 585 g/mol. The lowest BCUT2D eigenvalue weighted by atomic mass is 10.1. The molecule has 0 radical (unpaired) electrons. The van der Waals surface area contributed by atoms with Crippen molar-refractivity contribution in [2.45, 2.75) is 51.5 Å². The van der Waals surface area contributed by atoms with E-state index in [0.29, 0.717) is 28.9 Å². The predicted octanol–water partition coefficient (Wildman–Crippen LogP) is 6.22. The smallest absolute Gasteiger partial charge is 0.329 e. The first kappa shape index (κ1) is 26.7. The van der Waals surface area contributed by atoms with Gasteiger partial charge in [-0.2, -0.15) is 0 Å². The molecule has 3 heterocycles. The van der Waals surface area contributed by atoms with Crippen LogP contribution in [-0.2, 0) is 31.0 Å². The maximum Gasteiger partial charge on any atom is 0.329 e. The van der Waals surface area contributed by atoms with E-state index in [0.717, 1.165) is 55.2 Å². The van der Waals surface area contributed by atoms with Gasteiger partial charge in [-0.25, -0.2) is 14.2 Å². The minimum absolute atomic E-state index is 0.0694. The fraction of sp³-hybridized carbons (Fsp3) is 0.281. The lowest BCUT2D eigenvalue weighted by Crippen LogP contribution is -2.50. The average Bonchev–Trinajstić information content (AvgIpc) is 3.59. The summed E-state index contributed by atoms with van der Waals surface area (Å²) in [6, 6.07) is 18.9. The summed E-state index contributed by atoms with van der Waals surface area (Å²) in [5.74, 6) is 1.63. The molecule has 214 valence electrons. The number of anilines is 1. The van der Waals surface area contributed by atoms with Crippen molar-refractivity contribution in [3.05, 3.63) is 100.0 Å². The molecule has 1 saturated heterocycles. The Balaban J connectivity index is 1.02. The molecule has 0 bridgehead atoms. The number of nitrogens with one attached hydrogen (secondary N) is 1. The zero-order valence-corrected chi connectivity index (χ0v) is 23.6. The van der Waals surface area contributed by atoms with Gasteiger partial charge in [-0.05, 0) is 59.9 Å². The molecule has 1 aliphatic carbocycles. The number of imide groups is 1. The molecular weight excluding hydrogens is 557 g/mol. The van der Waals surface area contributed by atoms with Gasteiger partial charge in [0.05, 0.1) is 11.2 Å². The number of hydrogen-bond acceptors (Lipinski definition) is 5. The normalized spacial score (nSPS) is 17.0. The molecular formula is C32H29ClFN5O3. The fourth-order valence-electron chi connectivity index (χ4n) is 5.73. The number of carbonyl (C=O) groups excluding carboxylic acids is 2. The van der Waals surface area contributed by atoms with E-state index in [2.05, 4.69) is 33.0 Å². The number of rotatable bonds is 8. The summed E-state index contributed by atoms with van der Waals surface area (Å²) < 4.78 is 22.0. The Bertz CT molecular complexity index is 1660. The van der Waals surface area contributed by atoms with Gasteiger partial charge in [0, 0.05) is 49.8 Å². The second kappa shape index (κ2) is 10.9. The Labute approximate surface area is 247 Å². The van der Waals surface area contributed by atoms with E-state index in [-0.39, 0.29) is 24.8 Å². The van der Waals surface area contributed by atoms with Crippen LogP contribution in [0.5, 0.6) is 5.75 Å². The molecule has 0 unspecified atom stereocenters. The Morgan fingerprint density at radius 3 is 2.60 bits per heavy atom. The second-order valence-electron chi connectivity index (χ2n) is 11.1. The van der Waals surface area contributed by atoms with E-state index < -0.39 is 6.03 Å². The van der Waals surface area contributed by atoms with Crippen LogP contribution in [0.1, 0.15) is 47.6 Å². The third-order valence-electron chi connectivity index (χ3n) is 8.05. The van der Waals surface area contributed by atoms with E-state index >= 15 is 0 Å². The number of carbonyl (C=O) groups is 2. The van der Waals surface area contributed by atoms with Gasteiger partial charge in [0.2, 0.25) is 5.91 Å². The number of ether oxygens (including phenoxy) is 1. The van der Waals surface area contributed by atoms with Crippen LogP contribution in [0, 0.1) is 5.82 Å². The molecule has 1 aromatic heterocycles. The van der Waals surface area contributed by atoms with Crippen molar-refractivity contribution in [3.8, 4) is 17.1 Å². The number of aromatic nitrogens is 2. The van der Waals surface area contributed by atoms with Crippen molar-refractivity contribution in [2.75, 3.05) is 11.4 Å². The van der Waals surface area contributed by atoms with Crippen LogP contribution in [0.25, 0.3) is 11.4 Å². The highest BCUT2D eigenvalue weighted by Gasteiger charge is 2.34. The number of halogens is 2. The number of nitrogens with zero attached hydrogens (tertiary/aromatic N) is 4. The number of benzene rings is 3. The quantitative estimate of drug-likeness (QED) is 0.266. The number of fused-ring (bicyclic) bond motifs is 1. The molecule has 2 aliphatic heterocycles. The van der Waals surface area contributed by atoms with Gasteiger partial charge in [-0.3, -0.25) is 19.9 Å². The van der Waals surface area contributed by atoms with Gasteiger partial charge in [0.1, 0.15) is 29.8 Å². The summed E-state index contributed by atoms with van der Waals surface area (Å²) in [5.41, 5.74) is 5.09. The molecule has 0 atom stereocenters. The van der Waals surface area contributed by atoms with E-state index in [1.54, 1.807) is 23.2 Å². The van der Waals surface area contributed by atoms with Crippen LogP contribution < -0.4 is 15.0 Å². The van der Waals surface area contributed by atoms with Gasteiger partial charge in [-0.1, -0.05) is 41.9 Å². The molecule has 4 aromatic rings. The van der Waals surface area contributed by atoms with Gasteiger partial charge in [0.25, 0.3) is 0 Å². The van der Waals surface area contributed by atoms with Gasteiger partial charge < -0.3 is 9.30 Å².